The van der Waals surface area contributed by atoms with Crippen LogP contribution in [0, 0.1) is 0 Å². The average molecular weight is 425 g/mol. The first-order valence-corrected chi connectivity index (χ1v) is 10.2. The predicted octanol–water partition coefficient (Wildman–Crippen LogP) is 3.88. The molecular weight excluding hydrogens is 408 g/mol. The Balaban J connectivity index is 1.31. The Kier molecular flexibility index (Phi) is 5.59. The number of rotatable bonds is 5. The van der Waals surface area contributed by atoms with Crippen molar-refractivity contribution in [2.24, 2.45) is 0 Å². The van der Waals surface area contributed by atoms with Gasteiger partial charge in [0, 0.05) is 28.0 Å². The number of halogens is 1. The minimum absolute atomic E-state index is 0.0638. The van der Waals surface area contributed by atoms with Crippen LogP contribution < -0.4 is 10.9 Å². The Morgan fingerprint density at radius 2 is 1.72 bits per heavy atom. The van der Waals surface area contributed by atoms with Crippen LogP contribution in [0.15, 0.2) is 60.1 Å². The van der Waals surface area contributed by atoms with Crippen molar-refractivity contribution in [2.75, 3.05) is 0 Å². The lowest BCUT2D eigenvalue weighted by Crippen LogP contribution is -2.43. The largest absolute Gasteiger partial charge is 0.361 e. The van der Waals surface area contributed by atoms with Crippen LogP contribution in [0.5, 0.6) is 0 Å². The van der Waals surface area contributed by atoms with E-state index in [1.165, 1.54) is 11.3 Å². The predicted molar refractivity (Wildman–Crippen MR) is 115 cm³/mol. The molecule has 2 heterocycles. The molecule has 0 radical (unpaired) electrons. The summed E-state index contributed by atoms with van der Waals surface area (Å²) in [4.78, 5) is 31.9. The molecule has 0 spiro atoms. The van der Waals surface area contributed by atoms with Crippen molar-refractivity contribution < 1.29 is 9.59 Å². The van der Waals surface area contributed by atoms with E-state index in [2.05, 4.69) is 20.8 Å². The van der Waals surface area contributed by atoms with Crippen molar-refractivity contribution >= 4 is 45.7 Å². The van der Waals surface area contributed by atoms with Crippen LogP contribution in [-0.2, 0) is 22.4 Å². The lowest BCUT2D eigenvalue weighted by Gasteiger charge is -2.06. The zero-order valence-corrected chi connectivity index (χ0v) is 16.8. The molecule has 2 aromatic carbocycles. The average Bonchev–Trinajstić information content (AvgIpc) is 3.34. The normalized spacial score (nSPS) is 10.8. The van der Waals surface area contributed by atoms with Crippen LogP contribution in [0.2, 0.25) is 5.02 Å². The van der Waals surface area contributed by atoms with Gasteiger partial charge in [-0.3, -0.25) is 20.4 Å². The molecule has 0 fully saturated rings. The van der Waals surface area contributed by atoms with E-state index in [4.69, 9.17) is 11.6 Å². The number of hydrazine groups is 1. The third kappa shape index (κ3) is 4.47. The third-order valence-corrected chi connectivity index (χ3v) is 5.62. The zero-order valence-electron chi connectivity index (χ0n) is 15.2. The number of carbonyl (C=O) groups is 2. The second-order valence-electron chi connectivity index (χ2n) is 6.43. The summed E-state index contributed by atoms with van der Waals surface area (Å²) in [5.74, 6) is -0.633. The molecule has 0 aliphatic carbocycles. The maximum atomic E-state index is 12.2. The molecular formula is C21H17ClN4O2S. The minimum atomic E-state index is -0.340. The van der Waals surface area contributed by atoms with Crippen molar-refractivity contribution in [1.82, 2.24) is 20.8 Å². The molecule has 0 saturated carbocycles. The molecule has 6 nitrogen and oxygen atoms in total. The van der Waals surface area contributed by atoms with Crippen LogP contribution in [0.3, 0.4) is 0 Å². The van der Waals surface area contributed by atoms with Gasteiger partial charge in [0.15, 0.2) is 0 Å². The zero-order chi connectivity index (χ0) is 20.2. The van der Waals surface area contributed by atoms with E-state index in [1.54, 1.807) is 12.3 Å². The van der Waals surface area contributed by atoms with Crippen LogP contribution in [0.4, 0.5) is 0 Å². The first kappa shape index (κ1) is 19.2. The molecule has 2 amide bonds. The fraction of sp³-hybridized carbons (Fsp3) is 0.0952. The van der Waals surface area contributed by atoms with Gasteiger partial charge in [-0.15, -0.1) is 11.3 Å². The van der Waals surface area contributed by atoms with Crippen LogP contribution in [-0.4, -0.2) is 21.8 Å². The van der Waals surface area contributed by atoms with Crippen molar-refractivity contribution in [3.8, 4) is 10.6 Å². The molecule has 0 aliphatic heterocycles. The van der Waals surface area contributed by atoms with Gasteiger partial charge in [-0.25, -0.2) is 4.98 Å². The molecule has 0 bridgehead atoms. The first-order valence-electron chi connectivity index (χ1n) is 8.92. The number of hydrogen-bond acceptors (Lipinski definition) is 4. The fourth-order valence-electron chi connectivity index (χ4n) is 2.99. The van der Waals surface area contributed by atoms with Crippen molar-refractivity contribution in [1.29, 1.82) is 0 Å². The highest BCUT2D eigenvalue weighted by atomic mass is 35.5. The quantitative estimate of drug-likeness (QED) is 0.425. The Labute approximate surface area is 175 Å². The van der Waals surface area contributed by atoms with E-state index in [-0.39, 0.29) is 24.7 Å². The number of hydrogen-bond donors (Lipinski definition) is 3. The number of carbonyl (C=O) groups excluding carboxylic acids is 2. The van der Waals surface area contributed by atoms with Gasteiger partial charge >= 0.3 is 0 Å². The number of para-hydroxylation sites is 1. The highest BCUT2D eigenvalue weighted by Crippen LogP contribution is 2.30. The highest BCUT2D eigenvalue weighted by molar-refractivity contribution is 7.13. The summed E-state index contributed by atoms with van der Waals surface area (Å²) in [5, 5.41) is 4.17. The third-order valence-electron chi connectivity index (χ3n) is 4.36. The Morgan fingerprint density at radius 3 is 2.55 bits per heavy atom. The molecule has 0 unspecified atom stereocenters. The number of nitrogens with zero attached hydrogens (tertiary/aromatic N) is 1. The Bertz CT molecular complexity index is 1180. The molecule has 0 atom stereocenters. The van der Waals surface area contributed by atoms with Gasteiger partial charge < -0.3 is 4.98 Å². The monoisotopic (exact) mass is 424 g/mol. The summed E-state index contributed by atoms with van der Waals surface area (Å²) in [7, 11) is 0. The first-order chi connectivity index (χ1) is 14.1. The van der Waals surface area contributed by atoms with Gasteiger partial charge in [-0.2, -0.15) is 0 Å². The molecule has 0 saturated heterocycles. The van der Waals surface area contributed by atoms with E-state index in [1.807, 2.05) is 47.8 Å². The minimum Gasteiger partial charge on any atom is -0.361 e. The van der Waals surface area contributed by atoms with Crippen LogP contribution in [0.1, 0.15) is 11.3 Å². The fourth-order valence-corrected chi connectivity index (χ4v) is 4.13. The summed E-state index contributed by atoms with van der Waals surface area (Å²) in [5.41, 5.74) is 8.19. The van der Waals surface area contributed by atoms with E-state index in [0.29, 0.717) is 10.7 Å². The smallest absolute Gasteiger partial charge is 0.244 e. The van der Waals surface area contributed by atoms with Gasteiger partial charge in [0.2, 0.25) is 11.8 Å². The summed E-state index contributed by atoms with van der Waals surface area (Å²) in [6.45, 7) is 0. The van der Waals surface area contributed by atoms with Gasteiger partial charge in [0.25, 0.3) is 0 Å². The van der Waals surface area contributed by atoms with Gasteiger partial charge in [0.1, 0.15) is 5.01 Å². The Hall–Kier alpha value is -3.16. The molecule has 2 aromatic heterocycles. The van der Waals surface area contributed by atoms with Crippen LogP contribution in [0.25, 0.3) is 21.5 Å². The number of thiazole rings is 1. The topological polar surface area (TPSA) is 86.9 Å². The maximum absolute atomic E-state index is 12.2. The number of fused-ring (bicyclic) bond motifs is 1. The molecule has 8 heteroatoms. The molecule has 3 N–H and O–H groups in total. The van der Waals surface area contributed by atoms with Crippen LogP contribution >= 0.6 is 22.9 Å². The number of aromatic amines is 1. The molecule has 29 heavy (non-hydrogen) atoms. The van der Waals surface area contributed by atoms with Crippen molar-refractivity contribution in [3.63, 3.8) is 0 Å². The molecule has 4 aromatic rings. The lowest BCUT2D eigenvalue weighted by atomic mass is 10.1. The summed E-state index contributed by atoms with van der Waals surface area (Å²) in [6, 6.07) is 15.2. The van der Waals surface area contributed by atoms with Gasteiger partial charge in [-0.1, -0.05) is 48.0 Å². The van der Waals surface area contributed by atoms with Gasteiger partial charge in [-0.05, 0) is 17.7 Å². The van der Waals surface area contributed by atoms with E-state index in [9.17, 15) is 9.59 Å². The summed E-state index contributed by atoms with van der Waals surface area (Å²) < 4.78 is 0. The summed E-state index contributed by atoms with van der Waals surface area (Å²) >= 11 is 7.61. The standard InChI is InChI=1S/C21H17ClN4O2S/c22-17-7-3-1-6-16(17)21-24-14(12-29-21)10-20(28)26-25-19(27)9-13-11-23-18-8-4-2-5-15(13)18/h1-8,11-12,23H,9-10H2,(H,25,27)(H,26,28). The second kappa shape index (κ2) is 8.46. The number of amides is 2. The van der Waals surface area contributed by atoms with Crippen molar-refractivity contribution in [3.05, 3.63) is 76.4 Å². The maximum Gasteiger partial charge on any atom is 0.244 e. The van der Waals surface area contributed by atoms with E-state index >= 15 is 0 Å². The number of aromatic nitrogens is 2. The van der Waals surface area contributed by atoms with E-state index < -0.39 is 0 Å². The number of nitrogens with one attached hydrogen (secondary N) is 3. The molecule has 0 aliphatic rings. The SMILES string of the molecule is O=C(Cc1csc(-c2ccccc2Cl)n1)NNC(=O)Cc1c[nH]c2ccccc12. The highest BCUT2D eigenvalue weighted by Gasteiger charge is 2.13. The number of benzene rings is 2. The summed E-state index contributed by atoms with van der Waals surface area (Å²) in [6.07, 6.45) is 2.03. The number of H-pyrrole nitrogens is 1. The van der Waals surface area contributed by atoms with E-state index in [0.717, 1.165) is 27.0 Å². The molecule has 146 valence electrons. The Morgan fingerprint density at radius 1 is 1.00 bits per heavy atom. The molecule has 4 rings (SSSR count). The van der Waals surface area contributed by atoms with Crippen molar-refractivity contribution in [2.45, 2.75) is 12.8 Å². The lowest BCUT2D eigenvalue weighted by molar-refractivity contribution is -0.128. The van der Waals surface area contributed by atoms with Gasteiger partial charge in [0.05, 0.1) is 23.6 Å². The second-order valence-corrected chi connectivity index (χ2v) is 7.70.